The first kappa shape index (κ1) is 26.1. The number of anilines is 3. The van der Waals surface area contributed by atoms with Crippen LogP contribution in [0.2, 0.25) is 0 Å². The van der Waals surface area contributed by atoms with Gasteiger partial charge in [-0.05, 0) is 88.8 Å². The number of fused-ring (bicyclic) bond motifs is 2. The van der Waals surface area contributed by atoms with Crippen molar-refractivity contribution in [3.8, 4) is 6.07 Å². The number of para-hydroxylation sites is 1. The van der Waals surface area contributed by atoms with Crippen LogP contribution in [0.1, 0.15) is 41.2 Å². The zero-order valence-corrected chi connectivity index (χ0v) is 23.5. The SMILES string of the molecule is CCCc1c(C)cccc1N(c1ccccc1)c1ccc(C=Cc2ccc3c(C#N)c4ccccc4cc3c2)cc1. The molecule has 0 saturated carbocycles. The summed E-state index contributed by atoms with van der Waals surface area (Å²) in [6, 6.07) is 45.0. The molecular formula is C39H32N2. The van der Waals surface area contributed by atoms with E-state index in [2.05, 4.69) is 140 Å². The van der Waals surface area contributed by atoms with Crippen molar-refractivity contribution in [2.45, 2.75) is 26.7 Å². The monoisotopic (exact) mass is 528 g/mol. The second-order valence-electron chi connectivity index (χ2n) is 10.5. The van der Waals surface area contributed by atoms with Crippen LogP contribution >= 0.6 is 0 Å². The van der Waals surface area contributed by atoms with Crippen molar-refractivity contribution in [1.29, 1.82) is 5.26 Å². The lowest BCUT2D eigenvalue weighted by Gasteiger charge is -2.28. The lowest BCUT2D eigenvalue weighted by molar-refractivity contribution is 0.910. The molecule has 0 heterocycles. The molecule has 6 aromatic rings. The molecule has 0 N–H and O–H groups in total. The van der Waals surface area contributed by atoms with Gasteiger partial charge in [-0.15, -0.1) is 0 Å². The molecule has 0 amide bonds. The van der Waals surface area contributed by atoms with Crippen molar-refractivity contribution in [2.75, 3.05) is 4.90 Å². The highest BCUT2D eigenvalue weighted by Crippen LogP contribution is 2.38. The van der Waals surface area contributed by atoms with E-state index in [4.69, 9.17) is 0 Å². The largest absolute Gasteiger partial charge is 0.310 e. The van der Waals surface area contributed by atoms with Gasteiger partial charge in [0.1, 0.15) is 6.07 Å². The topological polar surface area (TPSA) is 27.0 Å². The average Bonchev–Trinajstić information content (AvgIpc) is 3.01. The summed E-state index contributed by atoms with van der Waals surface area (Å²) in [7, 11) is 0. The van der Waals surface area contributed by atoms with Gasteiger partial charge in [-0.1, -0.05) is 104 Å². The Morgan fingerprint density at radius 3 is 2.12 bits per heavy atom. The summed E-state index contributed by atoms with van der Waals surface area (Å²) >= 11 is 0. The number of nitrogens with zero attached hydrogens (tertiary/aromatic N) is 2. The smallest absolute Gasteiger partial charge is 0.100 e. The highest BCUT2D eigenvalue weighted by molar-refractivity contribution is 6.05. The van der Waals surface area contributed by atoms with E-state index in [0.29, 0.717) is 0 Å². The van der Waals surface area contributed by atoms with Crippen LogP contribution in [-0.4, -0.2) is 0 Å². The maximum absolute atomic E-state index is 9.85. The minimum absolute atomic E-state index is 0.739. The molecule has 0 fully saturated rings. The summed E-state index contributed by atoms with van der Waals surface area (Å²) in [4.78, 5) is 2.37. The predicted octanol–water partition coefficient (Wildman–Crippen LogP) is 10.8. The van der Waals surface area contributed by atoms with E-state index in [1.807, 2.05) is 18.2 Å². The third kappa shape index (κ3) is 5.23. The van der Waals surface area contributed by atoms with Gasteiger partial charge in [0.05, 0.1) is 5.56 Å². The van der Waals surface area contributed by atoms with Crippen LogP contribution in [-0.2, 0) is 6.42 Å². The number of rotatable bonds is 7. The van der Waals surface area contributed by atoms with Crippen LogP contribution in [0, 0.1) is 18.3 Å². The van der Waals surface area contributed by atoms with Gasteiger partial charge in [0.2, 0.25) is 0 Å². The Labute approximate surface area is 242 Å². The Hall–Kier alpha value is -5.13. The number of hydrogen-bond acceptors (Lipinski definition) is 2. The zero-order valence-electron chi connectivity index (χ0n) is 23.5. The molecule has 0 aliphatic heterocycles. The first-order valence-electron chi connectivity index (χ1n) is 14.2. The summed E-state index contributed by atoms with van der Waals surface area (Å²) in [6.07, 6.45) is 6.44. The number of nitriles is 1. The van der Waals surface area contributed by atoms with E-state index in [-0.39, 0.29) is 0 Å². The van der Waals surface area contributed by atoms with Gasteiger partial charge < -0.3 is 4.90 Å². The summed E-state index contributed by atoms with van der Waals surface area (Å²) in [6.45, 7) is 4.45. The highest BCUT2D eigenvalue weighted by atomic mass is 15.1. The molecule has 0 radical (unpaired) electrons. The van der Waals surface area contributed by atoms with E-state index >= 15 is 0 Å². The van der Waals surface area contributed by atoms with Crippen LogP contribution < -0.4 is 4.90 Å². The predicted molar refractivity (Wildman–Crippen MR) is 175 cm³/mol. The van der Waals surface area contributed by atoms with E-state index in [9.17, 15) is 5.26 Å². The molecule has 2 heteroatoms. The molecule has 198 valence electrons. The van der Waals surface area contributed by atoms with Gasteiger partial charge in [0, 0.05) is 27.8 Å². The first-order valence-corrected chi connectivity index (χ1v) is 14.2. The van der Waals surface area contributed by atoms with Crippen LogP contribution in [0.15, 0.2) is 121 Å². The van der Waals surface area contributed by atoms with Crippen molar-refractivity contribution in [3.63, 3.8) is 0 Å². The van der Waals surface area contributed by atoms with Gasteiger partial charge in [-0.2, -0.15) is 5.26 Å². The van der Waals surface area contributed by atoms with Crippen molar-refractivity contribution in [2.24, 2.45) is 0 Å². The summed E-state index contributed by atoms with van der Waals surface area (Å²) in [5.74, 6) is 0. The van der Waals surface area contributed by atoms with Crippen LogP contribution in [0.3, 0.4) is 0 Å². The Morgan fingerprint density at radius 1 is 0.659 bits per heavy atom. The Balaban J connectivity index is 1.33. The van der Waals surface area contributed by atoms with Gasteiger partial charge in [0.25, 0.3) is 0 Å². The highest BCUT2D eigenvalue weighted by Gasteiger charge is 2.16. The van der Waals surface area contributed by atoms with Crippen molar-refractivity contribution in [1.82, 2.24) is 0 Å². The lowest BCUT2D eigenvalue weighted by atomic mass is 9.96. The molecule has 6 rings (SSSR count). The van der Waals surface area contributed by atoms with Crippen molar-refractivity contribution >= 4 is 50.8 Å². The minimum atomic E-state index is 0.739. The third-order valence-corrected chi connectivity index (χ3v) is 7.76. The van der Waals surface area contributed by atoms with Gasteiger partial charge in [0.15, 0.2) is 0 Å². The molecule has 0 bridgehead atoms. The molecule has 0 saturated heterocycles. The quantitative estimate of drug-likeness (QED) is 0.152. The standard InChI is InChI=1S/C39H32N2/c1-3-10-35-28(2)11-9-16-39(35)41(33-13-5-4-6-14-33)34-22-19-29(20-23-34)17-18-30-21-24-37-32(25-30)26-31-12-7-8-15-36(31)38(37)27-40/h4-9,11-26H,3,10H2,1-2H3. The molecule has 2 nitrogen and oxygen atoms in total. The minimum Gasteiger partial charge on any atom is -0.310 e. The number of aryl methyl sites for hydroxylation is 1. The molecule has 0 unspecified atom stereocenters. The normalized spacial score (nSPS) is 11.2. The lowest BCUT2D eigenvalue weighted by Crippen LogP contribution is -2.13. The molecule has 0 aliphatic rings. The van der Waals surface area contributed by atoms with E-state index in [0.717, 1.165) is 62.5 Å². The van der Waals surface area contributed by atoms with Crippen LogP contribution in [0.5, 0.6) is 0 Å². The van der Waals surface area contributed by atoms with Crippen LogP contribution in [0.4, 0.5) is 17.1 Å². The number of hydrogen-bond donors (Lipinski definition) is 0. The molecule has 0 spiro atoms. The third-order valence-electron chi connectivity index (χ3n) is 7.76. The molecule has 41 heavy (non-hydrogen) atoms. The first-order chi connectivity index (χ1) is 20.2. The molecule has 0 aliphatic carbocycles. The Morgan fingerprint density at radius 2 is 1.34 bits per heavy atom. The number of benzene rings is 6. The second-order valence-corrected chi connectivity index (χ2v) is 10.5. The Kier molecular flexibility index (Phi) is 7.35. The van der Waals surface area contributed by atoms with Crippen LogP contribution in [0.25, 0.3) is 33.7 Å². The molecular weight excluding hydrogens is 496 g/mol. The maximum Gasteiger partial charge on any atom is 0.100 e. The molecule has 6 aromatic carbocycles. The second kappa shape index (κ2) is 11.5. The molecule has 0 atom stereocenters. The van der Waals surface area contributed by atoms with Crippen molar-refractivity contribution < 1.29 is 0 Å². The fraction of sp³-hybridized carbons (Fsp3) is 0.103. The van der Waals surface area contributed by atoms with Gasteiger partial charge in [-0.3, -0.25) is 0 Å². The van der Waals surface area contributed by atoms with Crippen molar-refractivity contribution in [3.05, 3.63) is 149 Å². The van der Waals surface area contributed by atoms with Gasteiger partial charge >= 0.3 is 0 Å². The average molecular weight is 529 g/mol. The summed E-state index contributed by atoms with van der Waals surface area (Å²) in [5, 5.41) is 14.0. The molecule has 0 aromatic heterocycles. The maximum atomic E-state index is 9.85. The Bertz CT molecular complexity index is 1910. The zero-order chi connectivity index (χ0) is 28.2. The van der Waals surface area contributed by atoms with E-state index in [1.54, 1.807) is 0 Å². The fourth-order valence-electron chi connectivity index (χ4n) is 5.72. The fourth-order valence-corrected chi connectivity index (χ4v) is 5.72. The van der Waals surface area contributed by atoms with E-state index < -0.39 is 0 Å². The van der Waals surface area contributed by atoms with E-state index in [1.165, 1.54) is 16.8 Å². The van der Waals surface area contributed by atoms with Gasteiger partial charge in [-0.25, -0.2) is 0 Å². The summed E-state index contributed by atoms with van der Waals surface area (Å²) < 4.78 is 0. The summed E-state index contributed by atoms with van der Waals surface area (Å²) in [5.41, 5.74) is 9.23.